The molecular weight excluding hydrogens is 202 g/mol. The summed E-state index contributed by atoms with van der Waals surface area (Å²) in [6.07, 6.45) is 6.31. The molecule has 0 aromatic carbocycles. The van der Waals surface area contributed by atoms with Crippen LogP contribution in [0.15, 0.2) is 11.8 Å². The van der Waals surface area contributed by atoms with Gasteiger partial charge in [0, 0.05) is 30.8 Å². The highest BCUT2D eigenvalue weighted by Gasteiger charge is 2.32. The Labute approximate surface area is 97.5 Å². The predicted molar refractivity (Wildman–Crippen MR) is 62.8 cm³/mol. The van der Waals surface area contributed by atoms with Gasteiger partial charge in [0.25, 0.3) is 0 Å². The molecule has 2 heterocycles. The van der Waals surface area contributed by atoms with Crippen LogP contribution in [0.4, 0.5) is 0 Å². The summed E-state index contributed by atoms with van der Waals surface area (Å²) in [7, 11) is 0. The number of esters is 1. The lowest BCUT2D eigenvalue weighted by Gasteiger charge is -2.34. The van der Waals surface area contributed by atoms with E-state index < -0.39 is 0 Å². The molecule has 0 aliphatic carbocycles. The minimum Gasteiger partial charge on any atom is -0.458 e. The topological polar surface area (TPSA) is 29.5 Å². The van der Waals surface area contributed by atoms with Crippen molar-refractivity contribution in [3.8, 4) is 0 Å². The highest BCUT2D eigenvalue weighted by Crippen LogP contribution is 2.30. The van der Waals surface area contributed by atoms with Gasteiger partial charge < -0.3 is 9.64 Å². The second-order valence-electron chi connectivity index (χ2n) is 4.82. The van der Waals surface area contributed by atoms with Crippen LogP contribution in [0.5, 0.6) is 0 Å². The summed E-state index contributed by atoms with van der Waals surface area (Å²) in [5.41, 5.74) is 1.20. The Hall–Kier alpha value is -0.990. The van der Waals surface area contributed by atoms with Crippen LogP contribution >= 0.6 is 0 Å². The van der Waals surface area contributed by atoms with Gasteiger partial charge >= 0.3 is 5.97 Å². The van der Waals surface area contributed by atoms with Crippen LogP contribution in [0.3, 0.4) is 0 Å². The first-order chi connectivity index (χ1) is 7.72. The zero-order valence-electron chi connectivity index (χ0n) is 10.2. The van der Waals surface area contributed by atoms with Crippen molar-refractivity contribution < 1.29 is 9.53 Å². The van der Waals surface area contributed by atoms with Gasteiger partial charge in [-0.3, -0.25) is 0 Å². The summed E-state index contributed by atoms with van der Waals surface area (Å²) >= 11 is 0. The Balaban J connectivity index is 2.12. The van der Waals surface area contributed by atoms with Crippen molar-refractivity contribution in [2.75, 3.05) is 13.1 Å². The van der Waals surface area contributed by atoms with Crippen LogP contribution in [0.2, 0.25) is 0 Å². The third kappa shape index (κ3) is 2.23. The number of rotatable bonds is 3. The maximum absolute atomic E-state index is 11.5. The average molecular weight is 223 g/mol. The molecule has 0 radical (unpaired) electrons. The zero-order valence-corrected chi connectivity index (χ0v) is 10.2. The monoisotopic (exact) mass is 223 g/mol. The third-order valence-corrected chi connectivity index (χ3v) is 3.60. The molecule has 0 amide bonds. The molecule has 2 aliphatic heterocycles. The van der Waals surface area contributed by atoms with Gasteiger partial charge in [-0.25, -0.2) is 4.79 Å². The highest BCUT2D eigenvalue weighted by molar-refractivity contribution is 5.84. The van der Waals surface area contributed by atoms with Crippen LogP contribution in [0.25, 0.3) is 0 Å². The molecule has 0 N–H and O–H groups in total. The Morgan fingerprint density at radius 2 is 2.12 bits per heavy atom. The largest absolute Gasteiger partial charge is 0.458 e. The van der Waals surface area contributed by atoms with Gasteiger partial charge in [0.1, 0.15) is 6.10 Å². The molecule has 16 heavy (non-hydrogen) atoms. The molecular formula is C13H21NO2. The number of hydrogen-bond donors (Lipinski definition) is 0. The maximum atomic E-state index is 11.5. The lowest BCUT2D eigenvalue weighted by atomic mass is 9.94. The first kappa shape index (κ1) is 11.5. The number of nitrogens with zero attached hydrogens (tertiary/aromatic N) is 1. The Bertz CT molecular complexity index is 292. The Morgan fingerprint density at radius 1 is 1.44 bits per heavy atom. The minimum atomic E-state index is -0.154. The van der Waals surface area contributed by atoms with Crippen LogP contribution in [-0.2, 0) is 9.53 Å². The number of hydrogen-bond acceptors (Lipinski definition) is 3. The van der Waals surface area contributed by atoms with Gasteiger partial charge in [0.15, 0.2) is 0 Å². The van der Waals surface area contributed by atoms with E-state index in [1.165, 1.54) is 18.5 Å². The summed E-state index contributed by atoms with van der Waals surface area (Å²) in [4.78, 5) is 13.9. The molecule has 0 saturated carbocycles. The lowest BCUT2D eigenvalue weighted by Crippen LogP contribution is -2.37. The van der Waals surface area contributed by atoms with E-state index in [1.54, 1.807) is 6.08 Å². The van der Waals surface area contributed by atoms with Crippen molar-refractivity contribution in [1.82, 2.24) is 4.90 Å². The zero-order chi connectivity index (χ0) is 11.5. The fourth-order valence-corrected chi connectivity index (χ4v) is 2.68. The fourth-order valence-electron chi connectivity index (χ4n) is 2.68. The fraction of sp³-hybridized carbons (Fsp3) is 0.769. The summed E-state index contributed by atoms with van der Waals surface area (Å²) in [6, 6.07) is 0. The average Bonchev–Trinajstić information content (AvgIpc) is 2.76. The van der Waals surface area contributed by atoms with E-state index >= 15 is 0 Å². The van der Waals surface area contributed by atoms with Crippen molar-refractivity contribution in [2.24, 2.45) is 5.92 Å². The summed E-state index contributed by atoms with van der Waals surface area (Å²) in [6.45, 7) is 6.51. The smallest absolute Gasteiger partial charge is 0.332 e. The third-order valence-electron chi connectivity index (χ3n) is 3.60. The second-order valence-corrected chi connectivity index (χ2v) is 4.82. The van der Waals surface area contributed by atoms with Gasteiger partial charge in [-0.15, -0.1) is 0 Å². The molecule has 2 rings (SSSR count). The van der Waals surface area contributed by atoms with Gasteiger partial charge in [-0.1, -0.05) is 20.3 Å². The van der Waals surface area contributed by atoms with E-state index in [0.29, 0.717) is 5.92 Å². The molecule has 1 fully saturated rings. The van der Waals surface area contributed by atoms with E-state index in [4.69, 9.17) is 4.74 Å². The first-order valence-corrected chi connectivity index (χ1v) is 6.39. The second kappa shape index (κ2) is 4.89. The number of likely N-dealkylation sites (tertiary alicyclic amines) is 1. The first-order valence-electron chi connectivity index (χ1n) is 6.39. The molecule has 2 aliphatic rings. The Morgan fingerprint density at radius 3 is 2.75 bits per heavy atom. The van der Waals surface area contributed by atoms with Gasteiger partial charge in [-0.2, -0.15) is 0 Å². The van der Waals surface area contributed by atoms with E-state index in [0.717, 1.165) is 25.9 Å². The van der Waals surface area contributed by atoms with Crippen molar-refractivity contribution in [3.05, 3.63) is 11.8 Å². The molecule has 1 saturated heterocycles. The molecule has 2 atom stereocenters. The number of cyclic esters (lactones) is 1. The normalized spacial score (nSPS) is 30.2. The minimum absolute atomic E-state index is 0.0816. The van der Waals surface area contributed by atoms with Crippen LogP contribution in [0, 0.1) is 5.92 Å². The molecule has 3 heteroatoms. The van der Waals surface area contributed by atoms with Crippen molar-refractivity contribution in [2.45, 2.75) is 45.6 Å². The quantitative estimate of drug-likeness (QED) is 0.688. The van der Waals surface area contributed by atoms with Crippen molar-refractivity contribution in [3.63, 3.8) is 0 Å². The molecule has 0 aromatic rings. The standard InChI is InChI=1S/C13H21NO2/c1-3-6-12-10(2)11(9-13(15)16-12)14-7-4-5-8-14/h9-10,12H,3-8H2,1-2H3/t10-,12+/m1/s1. The van der Waals surface area contributed by atoms with Crippen LogP contribution < -0.4 is 0 Å². The van der Waals surface area contributed by atoms with E-state index in [1.807, 2.05) is 0 Å². The number of ether oxygens (including phenoxy) is 1. The van der Waals surface area contributed by atoms with Crippen molar-refractivity contribution in [1.29, 1.82) is 0 Å². The molecule has 0 aromatic heterocycles. The molecule has 0 spiro atoms. The highest BCUT2D eigenvalue weighted by atomic mass is 16.5. The predicted octanol–water partition coefficient (Wildman–Crippen LogP) is 2.33. The van der Waals surface area contributed by atoms with Gasteiger partial charge in [0.05, 0.1) is 0 Å². The van der Waals surface area contributed by atoms with Crippen molar-refractivity contribution >= 4 is 5.97 Å². The maximum Gasteiger partial charge on any atom is 0.332 e. The number of carbonyl (C=O) groups is 1. The van der Waals surface area contributed by atoms with Gasteiger partial charge in [-0.05, 0) is 19.3 Å². The molecule has 3 nitrogen and oxygen atoms in total. The van der Waals surface area contributed by atoms with Crippen LogP contribution in [0.1, 0.15) is 39.5 Å². The SMILES string of the molecule is CCC[C@@H]1OC(=O)C=C(N2CCCC2)[C@H]1C. The molecule has 90 valence electrons. The van der Waals surface area contributed by atoms with E-state index in [-0.39, 0.29) is 12.1 Å². The summed E-state index contributed by atoms with van der Waals surface area (Å²) in [5.74, 6) is 0.203. The number of carbonyl (C=O) groups excluding carboxylic acids is 1. The summed E-state index contributed by atoms with van der Waals surface area (Å²) < 4.78 is 5.39. The molecule has 0 bridgehead atoms. The lowest BCUT2D eigenvalue weighted by molar-refractivity contribution is -0.147. The summed E-state index contributed by atoms with van der Waals surface area (Å²) in [5, 5.41) is 0. The van der Waals surface area contributed by atoms with Crippen LogP contribution in [-0.4, -0.2) is 30.1 Å². The van der Waals surface area contributed by atoms with E-state index in [2.05, 4.69) is 18.7 Å². The molecule has 0 unspecified atom stereocenters. The van der Waals surface area contributed by atoms with Gasteiger partial charge in [0.2, 0.25) is 0 Å². The Kier molecular flexibility index (Phi) is 3.52. The van der Waals surface area contributed by atoms with E-state index in [9.17, 15) is 4.79 Å².